The molecule has 0 bridgehead atoms. The predicted octanol–water partition coefficient (Wildman–Crippen LogP) is 2.67. The fourth-order valence-electron chi connectivity index (χ4n) is 2.47. The summed E-state index contributed by atoms with van der Waals surface area (Å²) in [7, 11) is 1.40. The summed E-state index contributed by atoms with van der Waals surface area (Å²) in [6, 6.07) is 10.6. The monoisotopic (exact) mass is 464 g/mol. The van der Waals surface area contributed by atoms with Gasteiger partial charge in [-0.3, -0.25) is 14.9 Å². The van der Waals surface area contributed by atoms with Gasteiger partial charge in [0.25, 0.3) is 11.8 Å². The first-order valence-electron chi connectivity index (χ1n) is 7.45. The lowest BCUT2D eigenvalue weighted by Gasteiger charge is -2.26. The molecule has 132 valence electrons. The van der Waals surface area contributed by atoms with E-state index in [1.165, 1.54) is 19.3 Å². The molecular weight excluding hydrogens is 451 g/mol. The van der Waals surface area contributed by atoms with Gasteiger partial charge in [0.05, 0.1) is 16.4 Å². The average molecular weight is 464 g/mol. The number of phenolic OH excluding ortho intramolecular Hbond substituents is 1. The van der Waals surface area contributed by atoms with Crippen LogP contribution in [0.25, 0.3) is 6.08 Å². The number of para-hydroxylation sites is 1. The number of carbonyl (C=O) groups is 3. The summed E-state index contributed by atoms with van der Waals surface area (Å²) >= 11 is 1.91. The van der Waals surface area contributed by atoms with Crippen LogP contribution in [0.2, 0.25) is 0 Å². The number of aromatic hydroxyl groups is 1. The molecule has 1 fully saturated rings. The molecule has 2 N–H and O–H groups in total. The SMILES string of the molecule is COc1cc(C=C2C(=O)NC(=O)N(c3ccccc3)C2=O)cc(I)c1O. The van der Waals surface area contributed by atoms with Gasteiger partial charge < -0.3 is 9.84 Å². The zero-order chi connectivity index (χ0) is 18.8. The Balaban J connectivity index is 2.05. The quantitative estimate of drug-likeness (QED) is 0.414. The van der Waals surface area contributed by atoms with Crippen LogP contribution in [0.3, 0.4) is 0 Å². The maximum absolute atomic E-state index is 12.8. The highest BCUT2D eigenvalue weighted by Gasteiger charge is 2.36. The van der Waals surface area contributed by atoms with Gasteiger partial charge in [0.1, 0.15) is 5.57 Å². The van der Waals surface area contributed by atoms with Crippen LogP contribution in [0.4, 0.5) is 10.5 Å². The van der Waals surface area contributed by atoms with Crippen molar-refractivity contribution in [3.63, 3.8) is 0 Å². The van der Waals surface area contributed by atoms with Crippen molar-refractivity contribution in [2.75, 3.05) is 12.0 Å². The Morgan fingerprint density at radius 2 is 1.85 bits per heavy atom. The number of hydrogen-bond acceptors (Lipinski definition) is 5. The van der Waals surface area contributed by atoms with E-state index in [-0.39, 0.29) is 17.1 Å². The highest BCUT2D eigenvalue weighted by atomic mass is 127. The lowest BCUT2D eigenvalue weighted by Crippen LogP contribution is -2.54. The zero-order valence-electron chi connectivity index (χ0n) is 13.5. The van der Waals surface area contributed by atoms with Crippen molar-refractivity contribution >= 4 is 52.2 Å². The minimum Gasteiger partial charge on any atom is -0.504 e. The molecule has 1 saturated heterocycles. The Bertz CT molecular complexity index is 940. The Labute approximate surface area is 162 Å². The lowest BCUT2D eigenvalue weighted by molar-refractivity contribution is -0.122. The molecule has 1 aliphatic heterocycles. The Kier molecular flexibility index (Phi) is 4.94. The number of nitrogens with zero attached hydrogens (tertiary/aromatic N) is 1. The molecule has 0 unspecified atom stereocenters. The molecule has 4 amide bonds. The van der Waals surface area contributed by atoms with E-state index in [9.17, 15) is 19.5 Å². The predicted molar refractivity (Wildman–Crippen MR) is 103 cm³/mol. The second-order valence-corrected chi connectivity index (χ2v) is 6.51. The van der Waals surface area contributed by atoms with Gasteiger partial charge in [-0.2, -0.15) is 0 Å². The third-order valence-corrected chi connectivity index (χ3v) is 4.52. The van der Waals surface area contributed by atoms with Crippen LogP contribution >= 0.6 is 22.6 Å². The number of hydrogen-bond donors (Lipinski definition) is 2. The molecule has 0 atom stereocenters. The Morgan fingerprint density at radius 1 is 1.15 bits per heavy atom. The van der Waals surface area contributed by atoms with E-state index >= 15 is 0 Å². The first kappa shape index (κ1) is 17.9. The third-order valence-electron chi connectivity index (χ3n) is 3.70. The van der Waals surface area contributed by atoms with Gasteiger partial charge in [0.2, 0.25) is 0 Å². The molecule has 1 aliphatic rings. The topological polar surface area (TPSA) is 95.9 Å². The molecular formula is C18H13IN2O5. The van der Waals surface area contributed by atoms with E-state index in [4.69, 9.17) is 4.74 Å². The molecule has 0 saturated carbocycles. The standard InChI is InChI=1S/C18H13IN2O5/c1-26-14-9-10(8-13(19)15(14)22)7-12-16(23)20-18(25)21(17(12)24)11-5-3-2-4-6-11/h2-9,22H,1H3,(H,20,23,25). The smallest absolute Gasteiger partial charge is 0.335 e. The Hall–Kier alpha value is -2.88. The van der Waals surface area contributed by atoms with Crippen LogP contribution in [0.1, 0.15) is 5.56 Å². The third kappa shape index (κ3) is 3.27. The van der Waals surface area contributed by atoms with E-state index in [2.05, 4.69) is 5.32 Å². The van der Waals surface area contributed by atoms with Gasteiger partial charge in [0, 0.05) is 0 Å². The Morgan fingerprint density at radius 3 is 2.50 bits per heavy atom. The van der Waals surface area contributed by atoms with Crippen LogP contribution in [0, 0.1) is 3.57 Å². The van der Waals surface area contributed by atoms with Crippen LogP contribution < -0.4 is 15.0 Å². The normalized spacial score (nSPS) is 16.0. The largest absolute Gasteiger partial charge is 0.504 e. The number of rotatable bonds is 3. The van der Waals surface area contributed by atoms with Crippen LogP contribution in [-0.4, -0.2) is 30.1 Å². The lowest BCUT2D eigenvalue weighted by atomic mass is 10.1. The molecule has 2 aromatic rings. The highest BCUT2D eigenvalue weighted by Crippen LogP contribution is 2.33. The molecule has 7 nitrogen and oxygen atoms in total. The molecule has 0 aromatic heterocycles. The number of amides is 4. The molecule has 0 aliphatic carbocycles. The van der Waals surface area contributed by atoms with E-state index in [1.54, 1.807) is 36.4 Å². The van der Waals surface area contributed by atoms with Crippen LogP contribution in [-0.2, 0) is 9.59 Å². The van der Waals surface area contributed by atoms with Gasteiger partial charge in [-0.05, 0) is 58.5 Å². The molecule has 2 aromatic carbocycles. The minimum absolute atomic E-state index is 0.0317. The van der Waals surface area contributed by atoms with Gasteiger partial charge >= 0.3 is 6.03 Å². The summed E-state index contributed by atoms with van der Waals surface area (Å²) in [5.41, 5.74) is 0.633. The second kappa shape index (κ2) is 7.16. The number of barbiturate groups is 1. The van der Waals surface area contributed by atoms with Gasteiger partial charge in [-0.1, -0.05) is 18.2 Å². The fraction of sp³-hybridized carbons (Fsp3) is 0.0556. The van der Waals surface area contributed by atoms with E-state index in [1.807, 2.05) is 22.6 Å². The van der Waals surface area contributed by atoms with Gasteiger partial charge in [-0.25, -0.2) is 9.69 Å². The van der Waals surface area contributed by atoms with E-state index in [0.29, 0.717) is 14.8 Å². The molecule has 0 radical (unpaired) electrons. The van der Waals surface area contributed by atoms with Crippen LogP contribution in [0.5, 0.6) is 11.5 Å². The summed E-state index contributed by atoms with van der Waals surface area (Å²) in [6.45, 7) is 0. The molecule has 26 heavy (non-hydrogen) atoms. The van der Waals surface area contributed by atoms with Crippen molar-refractivity contribution in [2.24, 2.45) is 0 Å². The van der Waals surface area contributed by atoms with Crippen molar-refractivity contribution in [1.82, 2.24) is 5.32 Å². The number of benzene rings is 2. The summed E-state index contributed by atoms with van der Waals surface area (Å²) < 4.78 is 5.58. The first-order valence-corrected chi connectivity index (χ1v) is 8.53. The highest BCUT2D eigenvalue weighted by molar-refractivity contribution is 14.1. The van der Waals surface area contributed by atoms with Crippen molar-refractivity contribution in [3.05, 3.63) is 57.2 Å². The maximum atomic E-state index is 12.8. The van der Waals surface area contributed by atoms with Crippen LogP contribution in [0.15, 0.2) is 48.0 Å². The number of urea groups is 1. The summed E-state index contributed by atoms with van der Waals surface area (Å²) in [6.07, 6.45) is 1.35. The number of methoxy groups -OCH3 is 1. The van der Waals surface area contributed by atoms with Crippen molar-refractivity contribution in [2.45, 2.75) is 0 Å². The molecule has 3 rings (SSSR count). The molecule has 8 heteroatoms. The van der Waals surface area contributed by atoms with Gasteiger partial charge in [-0.15, -0.1) is 0 Å². The molecule has 0 spiro atoms. The number of nitrogens with one attached hydrogen (secondary N) is 1. The van der Waals surface area contributed by atoms with Crippen molar-refractivity contribution < 1.29 is 24.2 Å². The average Bonchev–Trinajstić information content (AvgIpc) is 2.62. The van der Waals surface area contributed by atoms with Gasteiger partial charge in [0.15, 0.2) is 11.5 Å². The summed E-state index contributed by atoms with van der Waals surface area (Å²) in [4.78, 5) is 37.9. The fourth-order valence-corrected chi connectivity index (χ4v) is 3.09. The number of anilines is 1. The maximum Gasteiger partial charge on any atom is 0.335 e. The number of carbonyl (C=O) groups excluding carboxylic acids is 3. The second-order valence-electron chi connectivity index (χ2n) is 5.35. The van der Waals surface area contributed by atoms with E-state index < -0.39 is 17.8 Å². The number of halogens is 1. The van der Waals surface area contributed by atoms with E-state index in [0.717, 1.165) is 4.90 Å². The number of imide groups is 2. The summed E-state index contributed by atoms with van der Waals surface area (Å²) in [5, 5.41) is 12.1. The first-order chi connectivity index (χ1) is 12.4. The number of phenols is 1. The zero-order valence-corrected chi connectivity index (χ0v) is 15.7. The van der Waals surface area contributed by atoms with Crippen molar-refractivity contribution in [1.29, 1.82) is 0 Å². The van der Waals surface area contributed by atoms with Crippen molar-refractivity contribution in [3.8, 4) is 11.5 Å². The number of ether oxygens (including phenoxy) is 1. The summed E-state index contributed by atoms with van der Waals surface area (Å²) in [5.74, 6) is -1.33. The minimum atomic E-state index is -0.804. The molecule has 1 heterocycles.